The van der Waals surface area contributed by atoms with E-state index < -0.39 is 11.8 Å². The Labute approximate surface area is 147 Å². The zero-order valence-corrected chi connectivity index (χ0v) is 13.8. The number of nitrogens with one attached hydrogen (secondary N) is 1. The average Bonchev–Trinajstić information content (AvgIpc) is 2.79. The van der Waals surface area contributed by atoms with Crippen molar-refractivity contribution < 1.29 is 9.59 Å². The predicted octanol–water partition coefficient (Wildman–Crippen LogP) is 4.11. The summed E-state index contributed by atoms with van der Waals surface area (Å²) in [7, 11) is 0. The third kappa shape index (κ3) is 3.06. The van der Waals surface area contributed by atoms with Crippen molar-refractivity contribution in [2.24, 2.45) is 0 Å². The van der Waals surface area contributed by atoms with Gasteiger partial charge < -0.3 is 0 Å². The summed E-state index contributed by atoms with van der Waals surface area (Å²) in [6.07, 6.45) is 1.39. The van der Waals surface area contributed by atoms with Gasteiger partial charge in [0, 0.05) is 20.6 Å². The number of hydrogen-bond acceptors (Lipinski definition) is 2. The van der Waals surface area contributed by atoms with Gasteiger partial charge in [-0.2, -0.15) is 0 Å². The van der Waals surface area contributed by atoms with Crippen LogP contribution in [-0.2, 0) is 9.59 Å². The first kappa shape index (κ1) is 15.9. The van der Waals surface area contributed by atoms with Gasteiger partial charge in [0.05, 0.1) is 5.69 Å². The summed E-state index contributed by atoms with van der Waals surface area (Å²) < 4.78 is 0. The van der Waals surface area contributed by atoms with E-state index in [4.69, 9.17) is 34.8 Å². The van der Waals surface area contributed by atoms with Crippen LogP contribution in [0.15, 0.2) is 48.0 Å². The number of carbonyl (C=O) groups is 2. The van der Waals surface area contributed by atoms with Gasteiger partial charge in [0.15, 0.2) is 0 Å². The summed E-state index contributed by atoms with van der Waals surface area (Å²) in [6, 6.07) is 11.5. The first-order chi connectivity index (χ1) is 11.0. The van der Waals surface area contributed by atoms with Crippen LogP contribution in [0, 0.1) is 0 Å². The van der Waals surface area contributed by atoms with Gasteiger partial charge >= 0.3 is 0 Å². The molecule has 1 N–H and O–H groups in total. The number of carbonyl (C=O) groups excluding carboxylic acids is 2. The van der Waals surface area contributed by atoms with Crippen molar-refractivity contribution in [1.82, 2.24) is 5.43 Å². The summed E-state index contributed by atoms with van der Waals surface area (Å²) in [5.74, 6) is -1.02. The standard InChI is InChI=1S/C16H9Cl3N2O2/c17-9-4-6-10(7-5-9)21-16(23)12(15(22)20-21)8-11-13(18)2-1-3-14(11)19/h1-8H,(H,20,22)/b12-8+. The zero-order valence-electron chi connectivity index (χ0n) is 11.5. The maximum Gasteiger partial charge on any atom is 0.282 e. The van der Waals surface area contributed by atoms with E-state index >= 15 is 0 Å². The number of benzene rings is 2. The normalized spacial score (nSPS) is 16.1. The minimum atomic E-state index is -0.527. The molecule has 2 aromatic rings. The van der Waals surface area contributed by atoms with Crippen LogP contribution in [0.3, 0.4) is 0 Å². The molecule has 1 aliphatic heterocycles. The highest BCUT2D eigenvalue weighted by atomic mass is 35.5. The average molecular weight is 368 g/mol. The lowest BCUT2D eigenvalue weighted by atomic mass is 10.1. The molecule has 2 amide bonds. The van der Waals surface area contributed by atoms with Crippen molar-refractivity contribution in [3.05, 3.63) is 68.7 Å². The van der Waals surface area contributed by atoms with Crippen LogP contribution in [0.2, 0.25) is 15.1 Å². The van der Waals surface area contributed by atoms with Gasteiger partial charge in [0.1, 0.15) is 5.57 Å². The molecular formula is C16H9Cl3N2O2. The molecule has 2 aromatic carbocycles. The summed E-state index contributed by atoms with van der Waals surface area (Å²) >= 11 is 18.0. The topological polar surface area (TPSA) is 49.4 Å². The largest absolute Gasteiger partial charge is 0.282 e. The van der Waals surface area contributed by atoms with Crippen molar-refractivity contribution in [1.29, 1.82) is 0 Å². The molecular weight excluding hydrogens is 359 g/mol. The van der Waals surface area contributed by atoms with Crippen LogP contribution in [-0.4, -0.2) is 11.8 Å². The minimum Gasteiger partial charge on any atom is -0.267 e. The van der Waals surface area contributed by atoms with Gasteiger partial charge in [0.25, 0.3) is 11.8 Å². The lowest BCUT2D eigenvalue weighted by molar-refractivity contribution is -0.117. The van der Waals surface area contributed by atoms with Crippen LogP contribution in [0.1, 0.15) is 5.56 Å². The molecule has 1 aliphatic rings. The van der Waals surface area contributed by atoms with E-state index in [0.29, 0.717) is 26.3 Å². The lowest BCUT2D eigenvalue weighted by Gasteiger charge is -2.14. The van der Waals surface area contributed by atoms with Crippen molar-refractivity contribution in [2.75, 3.05) is 5.01 Å². The molecule has 0 spiro atoms. The van der Waals surface area contributed by atoms with Crippen molar-refractivity contribution >= 4 is 58.4 Å². The maximum absolute atomic E-state index is 12.5. The molecule has 3 rings (SSSR count). The van der Waals surface area contributed by atoms with Gasteiger partial charge in [-0.1, -0.05) is 40.9 Å². The van der Waals surface area contributed by atoms with E-state index in [1.165, 1.54) is 6.08 Å². The predicted molar refractivity (Wildman–Crippen MR) is 91.5 cm³/mol. The van der Waals surface area contributed by atoms with E-state index in [9.17, 15) is 9.59 Å². The first-order valence-electron chi connectivity index (χ1n) is 6.54. The van der Waals surface area contributed by atoms with Crippen LogP contribution < -0.4 is 10.4 Å². The number of amides is 2. The number of anilines is 1. The molecule has 23 heavy (non-hydrogen) atoms. The molecule has 0 unspecified atom stereocenters. The highest BCUT2D eigenvalue weighted by Gasteiger charge is 2.34. The quantitative estimate of drug-likeness (QED) is 0.641. The molecule has 0 radical (unpaired) electrons. The molecule has 0 atom stereocenters. The molecule has 0 bridgehead atoms. The van der Waals surface area contributed by atoms with Gasteiger partial charge in [-0.15, -0.1) is 0 Å². The third-order valence-corrected chi connectivity index (χ3v) is 4.18. The Morgan fingerprint density at radius 3 is 2.13 bits per heavy atom. The van der Waals surface area contributed by atoms with Crippen LogP contribution in [0.25, 0.3) is 6.08 Å². The summed E-state index contributed by atoms with van der Waals surface area (Å²) in [5.41, 5.74) is 3.37. The molecule has 116 valence electrons. The zero-order chi connectivity index (χ0) is 16.6. The fourth-order valence-corrected chi connectivity index (χ4v) is 2.75. The smallest absolute Gasteiger partial charge is 0.267 e. The molecule has 4 nitrogen and oxygen atoms in total. The second kappa shape index (κ2) is 6.24. The minimum absolute atomic E-state index is 0.0463. The highest BCUT2D eigenvalue weighted by molar-refractivity contribution is 6.39. The number of nitrogens with zero attached hydrogens (tertiary/aromatic N) is 1. The summed E-state index contributed by atoms with van der Waals surface area (Å²) in [5, 5.41) is 2.39. The molecule has 7 heteroatoms. The summed E-state index contributed by atoms with van der Waals surface area (Å²) in [4.78, 5) is 24.6. The number of hydrogen-bond donors (Lipinski definition) is 1. The van der Waals surface area contributed by atoms with Crippen molar-refractivity contribution in [3.8, 4) is 0 Å². The van der Waals surface area contributed by atoms with E-state index in [1.54, 1.807) is 42.5 Å². The van der Waals surface area contributed by atoms with Gasteiger partial charge in [0.2, 0.25) is 0 Å². The van der Waals surface area contributed by atoms with Crippen molar-refractivity contribution in [2.45, 2.75) is 0 Å². The lowest BCUT2D eigenvalue weighted by Crippen LogP contribution is -2.35. The fourth-order valence-electron chi connectivity index (χ4n) is 2.12. The number of rotatable bonds is 2. The molecule has 1 heterocycles. The van der Waals surface area contributed by atoms with Crippen molar-refractivity contribution in [3.63, 3.8) is 0 Å². The Morgan fingerprint density at radius 1 is 0.913 bits per heavy atom. The van der Waals surface area contributed by atoms with Gasteiger partial charge in [-0.05, 0) is 42.5 Å². The second-order valence-electron chi connectivity index (χ2n) is 4.75. The molecule has 1 saturated heterocycles. The Kier molecular flexibility index (Phi) is 4.31. The van der Waals surface area contributed by atoms with Crippen LogP contribution >= 0.6 is 34.8 Å². The first-order valence-corrected chi connectivity index (χ1v) is 7.67. The Balaban J connectivity index is 1.99. The monoisotopic (exact) mass is 366 g/mol. The van der Waals surface area contributed by atoms with E-state index in [0.717, 1.165) is 5.01 Å². The Morgan fingerprint density at radius 2 is 1.52 bits per heavy atom. The number of halogens is 3. The molecule has 0 aromatic heterocycles. The Hall–Kier alpha value is -2.01. The van der Waals surface area contributed by atoms with E-state index in [-0.39, 0.29) is 5.57 Å². The highest BCUT2D eigenvalue weighted by Crippen LogP contribution is 2.29. The Bertz CT molecular complexity index is 811. The van der Waals surface area contributed by atoms with Gasteiger partial charge in [-0.25, -0.2) is 5.01 Å². The van der Waals surface area contributed by atoms with Crippen LogP contribution in [0.5, 0.6) is 0 Å². The molecule has 0 saturated carbocycles. The molecule has 1 fully saturated rings. The van der Waals surface area contributed by atoms with Gasteiger partial charge in [-0.3, -0.25) is 15.0 Å². The number of hydrazine groups is 1. The summed E-state index contributed by atoms with van der Waals surface area (Å²) in [6.45, 7) is 0. The SMILES string of the molecule is O=C1NN(c2ccc(Cl)cc2)C(=O)/C1=C/c1c(Cl)cccc1Cl. The molecule has 0 aliphatic carbocycles. The third-order valence-electron chi connectivity index (χ3n) is 3.26. The van der Waals surface area contributed by atoms with E-state index in [1.807, 2.05) is 0 Å². The van der Waals surface area contributed by atoms with E-state index in [2.05, 4.69) is 5.43 Å². The second-order valence-corrected chi connectivity index (χ2v) is 6.00. The maximum atomic E-state index is 12.5. The fraction of sp³-hybridized carbons (Fsp3) is 0. The van der Waals surface area contributed by atoms with Crippen LogP contribution in [0.4, 0.5) is 5.69 Å².